The van der Waals surface area contributed by atoms with E-state index in [0.29, 0.717) is 10.9 Å². The maximum Gasteiger partial charge on any atom is 0.230 e. The number of nitrogens with one attached hydrogen (secondary N) is 1. The minimum absolute atomic E-state index is 0.143. The van der Waals surface area contributed by atoms with Gasteiger partial charge in [0.1, 0.15) is 12.1 Å². The number of carbonyl (C=O) groups excluding carboxylic acids is 1. The number of hydrogen-bond donors (Lipinski definition) is 1. The van der Waals surface area contributed by atoms with Gasteiger partial charge in [-0.2, -0.15) is 5.10 Å². The summed E-state index contributed by atoms with van der Waals surface area (Å²) in [4.78, 5) is 12.7. The molecule has 0 radical (unpaired) electrons. The van der Waals surface area contributed by atoms with E-state index < -0.39 is 0 Å². The van der Waals surface area contributed by atoms with Gasteiger partial charge in [-0.1, -0.05) is 47.7 Å². The normalized spacial score (nSPS) is 10.9. The van der Waals surface area contributed by atoms with Crippen molar-refractivity contribution in [3.05, 3.63) is 108 Å². The zero-order chi connectivity index (χ0) is 24.9. The SMILES string of the molecule is Cc1ccc(-n2cnnc2SCC(=O)NCc2cn(-c3ccccc3)nc2-c2ccc(F)cc2)cc1. The maximum absolute atomic E-state index is 13.5. The van der Waals surface area contributed by atoms with Crippen LogP contribution >= 0.6 is 11.8 Å². The van der Waals surface area contributed by atoms with Gasteiger partial charge in [0, 0.05) is 29.6 Å². The molecule has 5 aromatic rings. The molecule has 0 aliphatic heterocycles. The van der Waals surface area contributed by atoms with Gasteiger partial charge in [-0.3, -0.25) is 9.36 Å². The van der Waals surface area contributed by atoms with E-state index in [2.05, 4.69) is 15.5 Å². The van der Waals surface area contributed by atoms with Crippen molar-refractivity contribution < 1.29 is 9.18 Å². The molecule has 0 atom stereocenters. The molecule has 2 aromatic heterocycles. The Labute approximate surface area is 212 Å². The van der Waals surface area contributed by atoms with Gasteiger partial charge in [-0.15, -0.1) is 10.2 Å². The van der Waals surface area contributed by atoms with E-state index in [9.17, 15) is 9.18 Å². The van der Waals surface area contributed by atoms with Crippen molar-refractivity contribution in [3.8, 4) is 22.6 Å². The highest BCUT2D eigenvalue weighted by atomic mass is 32.2. The molecule has 0 aliphatic carbocycles. The van der Waals surface area contributed by atoms with Crippen molar-refractivity contribution in [1.82, 2.24) is 29.9 Å². The molecule has 180 valence electrons. The van der Waals surface area contributed by atoms with Crippen molar-refractivity contribution in [2.75, 3.05) is 5.75 Å². The largest absolute Gasteiger partial charge is 0.351 e. The van der Waals surface area contributed by atoms with Gasteiger partial charge in [0.2, 0.25) is 5.91 Å². The van der Waals surface area contributed by atoms with Crippen molar-refractivity contribution in [2.45, 2.75) is 18.6 Å². The second kappa shape index (κ2) is 10.6. The van der Waals surface area contributed by atoms with Gasteiger partial charge in [0.25, 0.3) is 0 Å². The van der Waals surface area contributed by atoms with E-state index in [0.717, 1.165) is 28.1 Å². The first kappa shape index (κ1) is 23.5. The van der Waals surface area contributed by atoms with Crippen molar-refractivity contribution in [2.24, 2.45) is 0 Å². The molecule has 1 amide bonds. The van der Waals surface area contributed by atoms with Crippen LogP contribution in [0.25, 0.3) is 22.6 Å². The van der Waals surface area contributed by atoms with Gasteiger partial charge < -0.3 is 5.32 Å². The summed E-state index contributed by atoms with van der Waals surface area (Å²) >= 11 is 1.32. The fraction of sp³-hybridized carbons (Fsp3) is 0.111. The van der Waals surface area contributed by atoms with Crippen LogP contribution in [0.15, 0.2) is 96.5 Å². The Balaban J connectivity index is 1.29. The molecule has 0 spiro atoms. The summed E-state index contributed by atoms with van der Waals surface area (Å²) < 4.78 is 17.1. The van der Waals surface area contributed by atoms with Crippen LogP contribution in [0.1, 0.15) is 11.1 Å². The summed E-state index contributed by atoms with van der Waals surface area (Å²) in [6.45, 7) is 2.31. The Hall–Kier alpha value is -4.24. The predicted molar refractivity (Wildman–Crippen MR) is 138 cm³/mol. The zero-order valence-electron chi connectivity index (χ0n) is 19.5. The smallest absolute Gasteiger partial charge is 0.230 e. The summed E-state index contributed by atoms with van der Waals surface area (Å²) in [6, 6.07) is 23.9. The topological polar surface area (TPSA) is 77.6 Å². The number of thioether (sulfide) groups is 1. The molecule has 0 saturated carbocycles. The average Bonchev–Trinajstić information content (AvgIpc) is 3.55. The van der Waals surface area contributed by atoms with Gasteiger partial charge in [-0.25, -0.2) is 9.07 Å². The van der Waals surface area contributed by atoms with Crippen LogP contribution in [0, 0.1) is 12.7 Å². The lowest BCUT2D eigenvalue weighted by Gasteiger charge is -2.08. The number of hydrogen-bond acceptors (Lipinski definition) is 5. The Morgan fingerprint density at radius 3 is 2.47 bits per heavy atom. The Bertz CT molecular complexity index is 1460. The minimum Gasteiger partial charge on any atom is -0.351 e. The molecule has 0 unspecified atom stereocenters. The Morgan fingerprint density at radius 2 is 1.72 bits per heavy atom. The average molecular weight is 499 g/mol. The monoisotopic (exact) mass is 498 g/mol. The van der Waals surface area contributed by atoms with E-state index in [1.807, 2.05) is 72.3 Å². The molecule has 36 heavy (non-hydrogen) atoms. The molecule has 0 fully saturated rings. The number of amides is 1. The highest BCUT2D eigenvalue weighted by molar-refractivity contribution is 7.99. The first-order valence-corrected chi connectivity index (χ1v) is 12.3. The van der Waals surface area contributed by atoms with Gasteiger partial charge >= 0.3 is 0 Å². The highest BCUT2D eigenvalue weighted by Gasteiger charge is 2.15. The lowest BCUT2D eigenvalue weighted by molar-refractivity contribution is -0.118. The number of para-hydroxylation sites is 1. The number of aromatic nitrogens is 5. The summed E-state index contributed by atoms with van der Waals surface area (Å²) in [5, 5.41) is 16.5. The van der Waals surface area contributed by atoms with Gasteiger partial charge in [0.15, 0.2) is 5.16 Å². The molecule has 1 N–H and O–H groups in total. The molecular formula is C27H23FN6OS. The molecule has 0 bridgehead atoms. The van der Waals surface area contributed by atoms with Crippen LogP contribution in [-0.2, 0) is 11.3 Å². The van der Waals surface area contributed by atoms with Gasteiger partial charge in [-0.05, 0) is 55.5 Å². The molecule has 3 aromatic carbocycles. The maximum atomic E-state index is 13.5. The van der Waals surface area contributed by atoms with E-state index in [1.165, 1.54) is 23.9 Å². The summed E-state index contributed by atoms with van der Waals surface area (Å²) in [7, 11) is 0. The third kappa shape index (κ3) is 5.36. The minimum atomic E-state index is -0.313. The second-order valence-corrected chi connectivity index (χ2v) is 9.12. The quantitative estimate of drug-likeness (QED) is 0.306. The predicted octanol–water partition coefficient (Wildman–Crippen LogP) is 4.98. The van der Waals surface area contributed by atoms with Crippen molar-refractivity contribution >= 4 is 17.7 Å². The van der Waals surface area contributed by atoms with Crippen LogP contribution in [0.2, 0.25) is 0 Å². The number of carbonyl (C=O) groups is 1. The van der Waals surface area contributed by atoms with Crippen LogP contribution in [0.5, 0.6) is 0 Å². The van der Waals surface area contributed by atoms with Crippen molar-refractivity contribution in [1.29, 1.82) is 0 Å². The first-order chi connectivity index (χ1) is 17.6. The van der Waals surface area contributed by atoms with Crippen molar-refractivity contribution in [3.63, 3.8) is 0 Å². The molecule has 7 nitrogen and oxygen atoms in total. The molecule has 2 heterocycles. The zero-order valence-corrected chi connectivity index (χ0v) is 20.3. The summed E-state index contributed by atoms with van der Waals surface area (Å²) in [5.41, 5.74) is 5.28. The standard InChI is InChI=1S/C27H23FN6OS/c1-19-7-13-23(14-8-19)33-18-30-31-27(33)36-17-25(35)29-15-21-16-34(24-5-3-2-4-6-24)32-26(21)20-9-11-22(28)12-10-20/h2-14,16,18H,15,17H2,1H3,(H,29,35). The number of nitrogens with zero attached hydrogens (tertiary/aromatic N) is 5. The highest BCUT2D eigenvalue weighted by Crippen LogP contribution is 2.25. The van der Waals surface area contributed by atoms with E-state index >= 15 is 0 Å². The lowest BCUT2D eigenvalue weighted by Crippen LogP contribution is -2.24. The van der Waals surface area contributed by atoms with Crippen LogP contribution < -0.4 is 5.32 Å². The fourth-order valence-electron chi connectivity index (χ4n) is 3.68. The first-order valence-electron chi connectivity index (χ1n) is 11.3. The van der Waals surface area contributed by atoms with Crippen LogP contribution in [0.4, 0.5) is 4.39 Å². The van der Waals surface area contributed by atoms with E-state index in [-0.39, 0.29) is 24.0 Å². The molecule has 0 saturated heterocycles. The van der Waals surface area contributed by atoms with E-state index in [4.69, 9.17) is 5.10 Å². The fourth-order valence-corrected chi connectivity index (χ4v) is 4.44. The number of halogens is 1. The second-order valence-electron chi connectivity index (χ2n) is 8.17. The summed E-state index contributed by atoms with van der Waals surface area (Å²) in [6.07, 6.45) is 3.52. The van der Waals surface area contributed by atoms with Crippen LogP contribution in [0.3, 0.4) is 0 Å². The molecule has 9 heteroatoms. The Morgan fingerprint density at radius 1 is 0.972 bits per heavy atom. The van der Waals surface area contributed by atoms with Crippen LogP contribution in [-0.4, -0.2) is 36.2 Å². The number of benzene rings is 3. The number of rotatable bonds is 8. The Kier molecular flexibility index (Phi) is 6.90. The lowest BCUT2D eigenvalue weighted by atomic mass is 10.1. The van der Waals surface area contributed by atoms with E-state index in [1.54, 1.807) is 23.1 Å². The molecule has 5 rings (SSSR count). The van der Waals surface area contributed by atoms with Gasteiger partial charge in [0.05, 0.1) is 17.1 Å². The molecule has 0 aliphatic rings. The third-order valence-corrected chi connectivity index (χ3v) is 6.51. The number of aryl methyl sites for hydroxylation is 1. The summed E-state index contributed by atoms with van der Waals surface area (Å²) in [5.74, 6) is -0.272. The third-order valence-electron chi connectivity index (χ3n) is 5.57. The molecular weight excluding hydrogens is 475 g/mol.